The number of hydrogen-bond donors (Lipinski definition) is 1. The van der Waals surface area contributed by atoms with E-state index in [9.17, 15) is 9.59 Å². The van der Waals surface area contributed by atoms with Crippen molar-refractivity contribution in [3.05, 3.63) is 71.4 Å². The Morgan fingerprint density at radius 2 is 2.00 bits per heavy atom. The van der Waals surface area contributed by atoms with Crippen LogP contribution in [0.3, 0.4) is 0 Å². The standard InChI is InChI=1S/C20H16N4O3/c1-27-14-9-13-5-4-8-21-19(13)17(10-14)23-18(25)11-24-12-22-16-7-3-2-6-15(16)20(24)26/h2-10,12H,11H2,1H3,(H,23,25). The van der Waals surface area contributed by atoms with Crippen molar-refractivity contribution in [2.24, 2.45) is 0 Å². The Morgan fingerprint density at radius 3 is 2.85 bits per heavy atom. The third-order valence-corrected chi connectivity index (χ3v) is 4.23. The fourth-order valence-electron chi connectivity index (χ4n) is 2.94. The summed E-state index contributed by atoms with van der Waals surface area (Å²) >= 11 is 0. The number of anilines is 1. The van der Waals surface area contributed by atoms with Crippen LogP contribution < -0.4 is 15.6 Å². The summed E-state index contributed by atoms with van der Waals surface area (Å²) < 4.78 is 6.57. The highest BCUT2D eigenvalue weighted by Gasteiger charge is 2.12. The predicted octanol–water partition coefficient (Wildman–Crippen LogP) is 2.59. The minimum atomic E-state index is -0.352. The monoisotopic (exact) mass is 360 g/mol. The average molecular weight is 360 g/mol. The smallest absolute Gasteiger partial charge is 0.261 e. The summed E-state index contributed by atoms with van der Waals surface area (Å²) in [5.74, 6) is 0.254. The molecule has 7 heteroatoms. The Hall–Kier alpha value is -3.74. The minimum Gasteiger partial charge on any atom is -0.497 e. The molecule has 27 heavy (non-hydrogen) atoms. The average Bonchev–Trinajstić information content (AvgIpc) is 2.70. The van der Waals surface area contributed by atoms with Gasteiger partial charge in [0, 0.05) is 17.6 Å². The van der Waals surface area contributed by atoms with Gasteiger partial charge >= 0.3 is 0 Å². The van der Waals surface area contributed by atoms with Gasteiger partial charge < -0.3 is 10.1 Å². The maximum absolute atomic E-state index is 12.5. The molecule has 2 heterocycles. The molecule has 0 aliphatic heterocycles. The highest BCUT2D eigenvalue weighted by Crippen LogP contribution is 2.27. The molecule has 0 fully saturated rings. The largest absolute Gasteiger partial charge is 0.497 e. The Labute approximate surface area is 154 Å². The van der Waals surface area contributed by atoms with Crippen LogP contribution in [0.4, 0.5) is 5.69 Å². The summed E-state index contributed by atoms with van der Waals surface area (Å²) in [6.45, 7) is -0.151. The zero-order valence-electron chi connectivity index (χ0n) is 14.5. The van der Waals surface area contributed by atoms with Gasteiger partial charge in [-0.3, -0.25) is 19.1 Å². The van der Waals surface area contributed by atoms with Crippen molar-refractivity contribution in [3.8, 4) is 5.75 Å². The van der Waals surface area contributed by atoms with Gasteiger partial charge in [-0.25, -0.2) is 4.98 Å². The van der Waals surface area contributed by atoms with Gasteiger partial charge in [0.2, 0.25) is 5.91 Å². The molecule has 0 bridgehead atoms. The number of para-hydroxylation sites is 1. The van der Waals surface area contributed by atoms with E-state index in [0.29, 0.717) is 27.9 Å². The zero-order valence-corrected chi connectivity index (χ0v) is 14.5. The number of benzene rings is 2. The van der Waals surface area contributed by atoms with Crippen LogP contribution in [0.25, 0.3) is 21.8 Å². The van der Waals surface area contributed by atoms with E-state index < -0.39 is 0 Å². The second kappa shape index (κ2) is 6.87. The summed E-state index contributed by atoms with van der Waals surface area (Å²) in [6, 6.07) is 14.3. The number of carbonyl (C=O) groups excluding carboxylic acids is 1. The third kappa shape index (κ3) is 3.22. The number of amides is 1. The number of nitrogens with zero attached hydrogens (tertiary/aromatic N) is 3. The van der Waals surface area contributed by atoms with Crippen LogP contribution in [0.1, 0.15) is 0 Å². The van der Waals surface area contributed by atoms with Gasteiger partial charge in [-0.1, -0.05) is 18.2 Å². The fourth-order valence-corrected chi connectivity index (χ4v) is 2.94. The van der Waals surface area contributed by atoms with E-state index in [1.807, 2.05) is 24.3 Å². The lowest BCUT2D eigenvalue weighted by Gasteiger charge is -2.11. The SMILES string of the molecule is COc1cc(NC(=O)Cn2cnc3ccccc3c2=O)c2ncccc2c1. The van der Waals surface area contributed by atoms with Crippen molar-refractivity contribution in [3.63, 3.8) is 0 Å². The molecule has 0 spiro atoms. The van der Waals surface area contributed by atoms with E-state index in [1.165, 1.54) is 10.9 Å². The number of hydrogen-bond acceptors (Lipinski definition) is 5. The van der Waals surface area contributed by atoms with Crippen LogP contribution in [0, 0.1) is 0 Å². The number of nitrogens with one attached hydrogen (secondary N) is 1. The predicted molar refractivity (Wildman–Crippen MR) is 103 cm³/mol. The molecule has 4 rings (SSSR count). The molecule has 7 nitrogen and oxygen atoms in total. The number of aromatic nitrogens is 3. The molecule has 2 aromatic heterocycles. The quantitative estimate of drug-likeness (QED) is 0.604. The Balaban J connectivity index is 1.65. The van der Waals surface area contributed by atoms with Gasteiger partial charge in [0.1, 0.15) is 12.3 Å². The van der Waals surface area contributed by atoms with Crippen molar-refractivity contribution in [2.75, 3.05) is 12.4 Å². The molecule has 0 aliphatic rings. The lowest BCUT2D eigenvalue weighted by molar-refractivity contribution is -0.116. The van der Waals surface area contributed by atoms with Crippen LogP contribution in [0.15, 0.2) is 65.8 Å². The highest BCUT2D eigenvalue weighted by atomic mass is 16.5. The molecule has 0 unspecified atom stereocenters. The second-order valence-corrected chi connectivity index (χ2v) is 5.99. The summed E-state index contributed by atoms with van der Waals surface area (Å²) in [5, 5.41) is 4.13. The van der Waals surface area contributed by atoms with Crippen molar-refractivity contribution < 1.29 is 9.53 Å². The number of carbonyl (C=O) groups is 1. The normalized spacial score (nSPS) is 10.9. The molecule has 0 atom stereocenters. The van der Waals surface area contributed by atoms with Crippen LogP contribution in [-0.4, -0.2) is 27.6 Å². The molecule has 1 amide bonds. The van der Waals surface area contributed by atoms with Gasteiger partial charge in [0.05, 0.1) is 35.5 Å². The molecular weight excluding hydrogens is 344 g/mol. The van der Waals surface area contributed by atoms with Gasteiger partial charge in [0.15, 0.2) is 0 Å². The van der Waals surface area contributed by atoms with Crippen molar-refractivity contribution in [1.82, 2.24) is 14.5 Å². The topological polar surface area (TPSA) is 86.1 Å². The van der Waals surface area contributed by atoms with Crippen LogP contribution in [-0.2, 0) is 11.3 Å². The lowest BCUT2D eigenvalue weighted by atomic mass is 10.1. The summed E-state index contributed by atoms with van der Waals surface area (Å²) in [7, 11) is 1.56. The van der Waals surface area contributed by atoms with Crippen LogP contribution in [0.5, 0.6) is 5.75 Å². The van der Waals surface area contributed by atoms with Gasteiger partial charge in [-0.05, 0) is 24.3 Å². The fraction of sp³-hybridized carbons (Fsp3) is 0.100. The second-order valence-electron chi connectivity index (χ2n) is 5.99. The van der Waals surface area contributed by atoms with E-state index in [1.54, 1.807) is 37.6 Å². The molecule has 1 N–H and O–H groups in total. The Morgan fingerprint density at radius 1 is 1.15 bits per heavy atom. The molecule has 0 aliphatic carbocycles. The first-order valence-electron chi connectivity index (χ1n) is 8.32. The van der Waals surface area contributed by atoms with E-state index in [4.69, 9.17) is 4.74 Å². The molecule has 2 aromatic carbocycles. The zero-order chi connectivity index (χ0) is 18.8. The van der Waals surface area contributed by atoms with Crippen LogP contribution >= 0.6 is 0 Å². The number of ether oxygens (including phenoxy) is 1. The number of rotatable bonds is 4. The van der Waals surface area contributed by atoms with E-state index in [0.717, 1.165) is 5.39 Å². The molecular formula is C20H16N4O3. The summed E-state index contributed by atoms with van der Waals surface area (Å²) in [5.41, 5.74) is 1.51. The van der Waals surface area contributed by atoms with Gasteiger partial charge in [-0.15, -0.1) is 0 Å². The van der Waals surface area contributed by atoms with Crippen molar-refractivity contribution in [2.45, 2.75) is 6.54 Å². The van der Waals surface area contributed by atoms with Crippen molar-refractivity contribution in [1.29, 1.82) is 0 Å². The summed E-state index contributed by atoms with van der Waals surface area (Å²) in [6.07, 6.45) is 3.04. The third-order valence-electron chi connectivity index (χ3n) is 4.23. The first-order chi connectivity index (χ1) is 13.2. The number of methoxy groups -OCH3 is 1. The van der Waals surface area contributed by atoms with Gasteiger partial charge in [-0.2, -0.15) is 0 Å². The molecule has 0 radical (unpaired) electrons. The van der Waals surface area contributed by atoms with E-state index in [2.05, 4.69) is 15.3 Å². The van der Waals surface area contributed by atoms with Crippen LogP contribution in [0.2, 0.25) is 0 Å². The van der Waals surface area contributed by atoms with E-state index >= 15 is 0 Å². The molecule has 0 saturated carbocycles. The maximum Gasteiger partial charge on any atom is 0.261 e. The van der Waals surface area contributed by atoms with Gasteiger partial charge in [0.25, 0.3) is 5.56 Å². The Bertz CT molecular complexity index is 1220. The molecule has 134 valence electrons. The first-order valence-corrected chi connectivity index (χ1v) is 8.32. The van der Waals surface area contributed by atoms with E-state index in [-0.39, 0.29) is 18.0 Å². The Kier molecular flexibility index (Phi) is 4.25. The number of fused-ring (bicyclic) bond motifs is 2. The number of pyridine rings is 1. The lowest BCUT2D eigenvalue weighted by Crippen LogP contribution is -2.28. The minimum absolute atomic E-state index is 0.151. The highest BCUT2D eigenvalue weighted by molar-refractivity contribution is 6.01. The first kappa shape index (κ1) is 16.7. The maximum atomic E-state index is 12.5. The molecule has 0 saturated heterocycles. The van der Waals surface area contributed by atoms with Crippen molar-refractivity contribution >= 4 is 33.4 Å². The summed E-state index contributed by atoms with van der Waals surface area (Å²) in [4.78, 5) is 33.6. The molecule has 4 aromatic rings.